The molecule has 41 heavy (non-hydrogen) atoms. The minimum absolute atomic E-state index is 0.140. The van der Waals surface area contributed by atoms with Gasteiger partial charge in [-0.05, 0) is 29.1 Å². The van der Waals surface area contributed by atoms with Gasteiger partial charge in [0.15, 0.2) is 6.23 Å². The van der Waals surface area contributed by atoms with E-state index in [1.54, 1.807) is 6.92 Å². The third-order valence-corrected chi connectivity index (χ3v) is 6.44. The van der Waals surface area contributed by atoms with Crippen molar-refractivity contribution in [1.82, 2.24) is 0 Å². The lowest BCUT2D eigenvalue weighted by molar-refractivity contribution is -0.269. The second-order valence-electron chi connectivity index (χ2n) is 9.37. The molecule has 10 heteroatoms. The van der Waals surface area contributed by atoms with Gasteiger partial charge in [0.05, 0.1) is 33.0 Å². The number of hydrogen-bond donors (Lipinski definition) is 0. The zero-order valence-corrected chi connectivity index (χ0v) is 23.0. The van der Waals surface area contributed by atoms with Crippen LogP contribution in [0.2, 0.25) is 0 Å². The van der Waals surface area contributed by atoms with E-state index in [0.717, 1.165) is 16.7 Å². The molecule has 10 nitrogen and oxygen atoms in total. The highest BCUT2D eigenvalue weighted by atomic mass is 16.6. The largest absolute Gasteiger partial charge is 0.464 e. The maximum absolute atomic E-state index is 12.2. The Morgan fingerprint density at radius 2 is 1.32 bits per heavy atom. The van der Waals surface area contributed by atoms with Crippen molar-refractivity contribution < 1.29 is 33.2 Å². The summed E-state index contributed by atoms with van der Waals surface area (Å²) in [6.07, 6.45) is -4.18. The molecule has 216 valence electrons. The third kappa shape index (κ3) is 9.40. The highest BCUT2D eigenvalue weighted by Gasteiger charge is 2.48. The summed E-state index contributed by atoms with van der Waals surface area (Å²) >= 11 is 0. The van der Waals surface area contributed by atoms with Crippen LogP contribution in [0, 0.1) is 0 Å². The van der Waals surface area contributed by atoms with Crippen LogP contribution < -0.4 is 0 Å². The Kier molecular flexibility index (Phi) is 12.1. The van der Waals surface area contributed by atoms with Crippen LogP contribution in [0.25, 0.3) is 10.4 Å². The molecule has 0 aromatic heterocycles. The minimum atomic E-state index is -1.10. The van der Waals surface area contributed by atoms with Crippen LogP contribution in [0.15, 0.2) is 96.1 Å². The summed E-state index contributed by atoms with van der Waals surface area (Å²) in [5, 5.41) is 3.85. The van der Waals surface area contributed by atoms with Crippen LogP contribution in [-0.2, 0) is 53.0 Å². The average molecular weight is 562 g/mol. The van der Waals surface area contributed by atoms with Gasteiger partial charge in [0.2, 0.25) is 0 Å². The number of ether oxygens (including phenoxy) is 6. The van der Waals surface area contributed by atoms with E-state index in [1.807, 2.05) is 91.0 Å². The van der Waals surface area contributed by atoms with Crippen molar-refractivity contribution in [2.24, 2.45) is 5.11 Å². The second-order valence-corrected chi connectivity index (χ2v) is 9.37. The van der Waals surface area contributed by atoms with E-state index in [-0.39, 0.29) is 33.0 Å². The molecule has 0 unspecified atom stereocenters. The van der Waals surface area contributed by atoms with Crippen LogP contribution in [0.4, 0.5) is 0 Å². The van der Waals surface area contributed by atoms with Crippen molar-refractivity contribution in [3.63, 3.8) is 0 Å². The monoisotopic (exact) mass is 561 g/mol. The Morgan fingerprint density at radius 1 is 0.780 bits per heavy atom. The Bertz CT molecular complexity index is 1230. The van der Waals surface area contributed by atoms with Crippen molar-refractivity contribution in [1.29, 1.82) is 0 Å². The van der Waals surface area contributed by atoms with Gasteiger partial charge in [-0.2, -0.15) is 0 Å². The first-order valence-corrected chi connectivity index (χ1v) is 13.6. The van der Waals surface area contributed by atoms with E-state index in [0.29, 0.717) is 6.61 Å². The lowest BCUT2D eigenvalue weighted by atomic mass is 9.97. The molecular formula is C31H35N3O7. The maximum Gasteiger partial charge on any atom is 0.332 e. The Balaban J connectivity index is 1.60. The van der Waals surface area contributed by atoms with E-state index in [9.17, 15) is 10.3 Å². The van der Waals surface area contributed by atoms with Crippen LogP contribution in [0.1, 0.15) is 23.6 Å². The first-order valence-electron chi connectivity index (χ1n) is 13.6. The first-order chi connectivity index (χ1) is 20.2. The zero-order chi connectivity index (χ0) is 28.7. The van der Waals surface area contributed by atoms with Crippen molar-refractivity contribution in [2.75, 3.05) is 19.8 Å². The molecule has 4 rings (SSSR count). The van der Waals surface area contributed by atoms with E-state index in [1.165, 1.54) is 0 Å². The molecular weight excluding hydrogens is 526 g/mol. The lowest BCUT2D eigenvalue weighted by Gasteiger charge is -2.44. The molecule has 5 atom stereocenters. The predicted molar refractivity (Wildman–Crippen MR) is 150 cm³/mol. The Morgan fingerprint density at radius 3 is 1.85 bits per heavy atom. The van der Waals surface area contributed by atoms with Gasteiger partial charge in [-0.1, -0.05) is 96.1 Å². The van der Waals surface area contributed by atoms with Crippen LogP contribution in [-0.4, -0.2) is 56.4 Å². The predicted octanol–water partition coefficient (Wildman–Crippen LogP) is 5.36. The highest BCUT2D eigenvalue weighted by molar-refractivity contribution is 5.70. The number of carbonyl (C=O) groups is 1. The van der Waals surface area contributed by atoms with Gasteiger partial charge in [-0.25, -0.2) is 4.79 Å². The minimum Gasteiger partial charge on any atom is -0.464 e. The SMILES string of the molecule is CCOC(=O)CO[C@@H]1[C@@H](OCc2ccccc2)[C@@H](OCc2ccccc2)[C@@H](COCc2ccccc2)O[C@H]1N=[N+]=[N-]. The molecule has 0 amide bonds. The maximum atomic E-state index is 12.2. The molecule has 0 N–H and O–H groups in total. The smallest absolute Gasteiger partial charge is 0.332 e. The third-order valence-electron chi connectivity index (χ3n) is 6.44. The average Bonchev–Trinajstić information content (AvgIpc) is 3.01. The molecule has 0 radical (unpaired) electrons. The fraction of sp³-hybridized carbons (Fsp3) is 0.387. The van der Waals surface area contributed by atoms with Gasteiger partial charge in [0.1, 0.15) is 31.0 Å². The van der Waals surface area contributed by atoms with Crippen LogP contribution in [0.3, 0.4) is 0 Å². The summed E-state index contributed by atoms with van der Waals surface area (Å²) < 4.78 is 36.1. The Labute approximate surface area is 239 Å². The molecule has 0 spiro atoms. The fourth-order valence-electron chi connectivity index (χ4n) is 4.51. The number of rotatable bonds is 15. The number of carbonyl (C=O) groups excluding carboxylic acids is 1. The van der Waals surface area contributed by atoms with Gasteiger partial charge in [0, 0.05) is 4.91 Å². The van der Waals surface area contributed by atoms with Crippen molar-refractivity contribution in [3.05, 3.63) is 118 Å². The number of benzene rings is 3. The van der Waals surface area contributed by atoms with Crippen molar-refractivity contribution >= 4 is 5.97 Å². The normalized spacial score (nSPS) is 22.0. The van der Waals surface area contributed by atoms with E-state index in [2.05, 4.69) is 10.0 Å². The molecule has 1 saturated heterocycles. The number of hydrogen-bond acceptors (Lipinski definition) is 8. The quantitative estimate of drug-likeness (QED) is 0.106. The van der Waals surface area contributed by atoms with Crippen molar-refractivity contribution in [3.8, 4) is 0 Å². The second kappa shape index (κ2) is 16.5. The molecule has 1 fully saturated rings. The van der Waals surface area contributed by atoms with Gasteiger partial charge in [-0.3, -0.25) is 0 Å². The molecule has 0 bridgehead atoms. The van der Waals surface area contributed by atoms with Crippen LogP contribution >= 0.6 is 0 Å². The fourth-order valence-corrected chi connectivity index (χ4v) is 4.51. The summed E-state index contributed by atoms with van der Waals surface area (Å²) in [5.41, 5.74) is 12.2. The molecule has 3 aromatic carbocycles. The molecule has 3 aromatic rings. The summed E-state index contributed by atoms with van der Waals surface area (Å²) in [5.74, 6) is -0.552. The Hall–Kier alpha value is -3.76. The first kappa shape index (κ1) is 30.2. The van der Waals surface area contributed by atoms with Gasteiger partial charge < -0.3 is 28.4 Å². The topological polar surface area (TPSA) is 121 Å². The number of azide groups is 1. The van der Waals surface area contributed by atoms with Gasteiger partial charge >= 0.3 is 5.97 Å². The number of esters is 1. The summed E-state index contributed by atoms with van der Waals surface area (Å²) in [7, 11) is 0. The standard InChI is InChI=1S/C31H35N3O7/c1-2-37-27(35)22-40-30-29(39-20-25-16-10-5-11-17-25)28(38-19-24-14-8-4-9-15-24)26(41-31(30)33-34-32)21-36-18-23-12-6-3-7-13-23/h3-17,26,28-31H,2,18-22H2,1H3/t26-,28+,29+,30-,31-/m1/s1. The van der Waals surface area contributed by atoms with E-state index in [4.69, 9.17) is 28.4 Å². The molecule has 1 aliphatic heterocycles. The number of nitrogens with zero attached hydrogens (tertiary/aromatic N) is 3. The van der Waals surface area contributed by atoms with E-state index < -0.39 is 36.6 Å². The van der Waals surface area contributed by atoms with Gasteiger partial charge in [-0.15, -0.1) is 0 Å². The van der Waals surface area contributed by atoms with Crippen molar-refractivity contribution in [2.45, 2.75) is 57.4 Å². The van der Waals surface area contributed by atoms with Gasteiger partial charge in [0.25, 0.3) is 0 Å². The zero-order valence-electron chi connectivity index (χ0n) is 23.0. The molecule has 0 aliphatic carbocycles. The summed E-state index contributed by atoms with van der Waals surface area (Å²) in [6.45, 7) is 2.55. The summed E-state index contributed by atoms with van der Waals surface area (Å²) in [4.78, 5) is 15.2. The van der Waals surface area contributed by atoms with E-state index >= 15 is 0 Å². The molecule has 1 aliphatic rings. The summed E-state index contributed by atoms with van der Waals surface area (Å²) in [6, 6.07) is 29.1. The van der Waals surface area contributed by atoms with Crippen LogP contribution in [0.5, 0.6) is 0 Å². The molecule has 0 saturated carbocycles. The lowest BCUT2D eigenvalue weighted by Crippen LogP contribution is -2.61. The molecule has 1 heterocycles. The highest BCUT2D eigenvalue weighted by Crippen LogP contribution is 2.31.